The molecule has 4 heterocycles. The molecule has 0 unspecified atom stereocenters. The maximum absolute atomic E-state index is 14.8. The number of carbonyl (C=O) groups excluding carboxylic acids is 4. The monoisotopic (exact) mass is 861 g/mol. The molecule has 8 rings (SSSR count). The number of allylic oxidation sites excluding steroid dienone is 1. The Bertz CT molecular complexity index is 2320. The van der Waals surface area contributed by atoms with E-state index in [0.29, 0.717) is 60.7 Å². The van der Waals surface area contributed by atoms with Crippen LogP contribution in [-0.2, 0) is 24.4 Å². The molecule has 15 nitrogen and oxygen atoms in total. The number of amides is 5. The van der Waals surface area contributed by atoms with Gasteiger partial charge in [0.25, 0.3) is 5.91 Å². The van der Waals surface area contributed by atoms with Crippen LogP contribution >= 0.6 is 11.3 Å². The molecule has 17 heteroatoms. The quantitative estimate of drug-likeness (QED) is 0.225. The number of aromatic nitrogens is 2. The third-order valence-electron chi connectivity index (χ3n) is 12.6. The zero-order chi connectivity index (χ0) is 42.5. The van der Waals surface area contributed by atoms with E-state index in [1.54, 1.807) is 14.2 Å². The second kappa shape index (κ2) is 16.6. The Labute approximate surface area is 355 Å². The van der Waals surface area contributed by atoms with Crippen molar-refractivity contribution in [3.8, 4) is 22.2 Å². The third-order valence-corrected chi connectivity index (χ3v) is 15.3. The fraction of sp³-hybridized carbons (Fsp3) is 0.581. The number of aryl methyl sites for hydroxylation is 1. The SMILES string of the molecule is COc1ccc2c(O[C@@H]3C[C@H]4C(=O)N[C@]5(C(=O)NS(=O)(=O)C6CC6)C[C@H]5/C=C\CCCCC[C@H](NC(=O)N(C)C(C)C)C(=O)N4C3)cc(-c3nc(C4CC4)cs3)nc2c1C. The molecule has 3 saturated carbocycles. The molecule has 3 N–H and O–H groups in total. The number of nitrogens with one attached hydrogen (secondary N) is 3. The van der Waals surface area contributed by atoms with Crippen LogP contribution in [0.25, 0.3) is 21.6 Å². The lowest BCUT2D eigenvalue weighted by atomic mass is 10.0. The zero-order valence-corrected chi connectivity index (χ0v) is 36.5. The topological polar surface area (TPSA) is 189 Å². The van der Waals surface area contributed by atoms with Crippen molar-refractivity contribution in [2.45, 2.75) is 132 Å². The Morgan fingerprint density at radius 2 is 1.85 bits per heavy atom. The zero-order valence-electron chi connectivity index (χ0n) is 34.9. The summed E-state index contributed by atoms with van der Waals surface area (Å²) in [7, 11) is -0.626. The lowest BCUT2D eigenvalue weighted by Gasteiger charge is -2.31. The van der Waals surface area contributed by atoms with E-state index in [2.05, 4.69) is 20.7 Å². The van der Waals surface area contributed by atoms with Crippen LogP contribution < -0.4 is 24.8 Å². The highest BCUT2D eigenvalue weighted by Crippen LogP contribution is 2.47. The van der Waals surface area contributed by atoms with Crippen molar-refractivity contribution in [2.24, 2.45) is 5.92 Å². The van der Waals surface area contributed by atoms with Crippen molar-refractivity contribution in [1.82, 2.24) is 35.1 Å². The van der Waals surface area contributed by atoms with Gasteiger partial charge in [-0.05, 0) is 84.3 Å². The molecule has 0 spiro atoms. The second-order valence-corrected chi connectivity index (χ2v) is 20.2. The van der Waals surface area contributed by atoms with Crippen molar-refractivity contribution >= 4 is 56.0 Å². The van der Waals surface area contributed by atoms with E-state index in [1.165, 1.54) is 21.1 Å². The van der Waals surface area contributed by atoms with Gasteiger partial charge in [0.15, 0.2) is 0 Å². The predicted molar refractivity (Wildman–Crippen MR) is 227 cm³/mol. The first-order valence-electron chi connectivity index (χ1n) is 21.2. The lowest BCUT2D eigenvalue weighted by molar-refractivity contribution is -0.141. The smallest absolute Gasteiger partial charge is 0.318 e. The molecule has 0 radical (unpaired) electrons. The van der Waals surface area contributed by atoms with Crippen molar-refractivity contribution in [3.05, 3.63) is 47.0 Å². The summed E-state index contributed by atoms with van der Waals surface area (Å²) >= 11 is 1.52. The standard InChI is InChI=1S/C43H55N7O8S2/c1-24(2)49(4)42(54)46-31-12-10-8-6-7-9-11-27-21-43(27,41(53)48-60(55,56)29-15-16-29)47-38(51)34-19-28(22-50(34)40(31)52)58-36-20-32(39-45-33(23-59-39)26-13-14-26)44-37-25(3)35(57-5)18-17-30(36)37/h9,11,17-18,20,23-24,26-29,31,34H,6-8,10,12-16,19,21-22H2,1-5H3,(H,46,54)(H,47,51)(H,48,53)/b11-9-/t27-,28-,31+,34+,43-/m1/s1. The number of hydrogen-bond donors (Lipinski definition) is 3. The number of methoxy groups -OCH3 is 1. The molecule has 3 aliphatic carbocycles. The Morgan fingerprint density at radius 3 is 2.57 bits per heavy atom. The number of benzene rings is 1. The van der Waals surface area contributed by atoms with Crippen molar-refractivity contribution in [1.29, 1.82) is 0 Å². The minimum atomic E-state index is -3.90. The molecule has 60 heavy (non-hydrogen) atoms. The molecule has 2 aliphatic heterocycles. The first-order valence-corrected chi connectivity index (χ1v) is 23.6. The minimum absolute atomic E-state index is 0.0132. The highest BCUT2D eigenvalue weighted by molar-refractivity contribution is 7.91. The molecule has 1 saturated heterocycles. The Morgan fingerprint density at radius 1 is 1.07 bits per heavy atom. The van der Waals surface area contributed by atoms with Crippen LogP contribution in [-0.4, -0.2) is 108 Å². The van der Waals surface area contributed by atoms with Gasteiger partial charge in [0.1, 0.15) is 45.9 Å². The summed E-state index contributed by atoms with van der Waals surface area (Å²) in [6, 6.07) is 3.03. The van der Waals surface area contributed by atoms with Crippen molar-refractivity contribution in [3.63, 3.8) is 0 Å². The van der Waals surface area contributed by atoms with Gasteiger partial charge in [-0.2, -0.15) is 0 Å². The maximum Gasteiger partial charge on any atom is 0.318 e. The van der Waals surface area contributed by atoms with Gasteiger partial charge in [-0.3, -0.25) is 19.1 Å². The van der Waals surface area contributed by atoms with Crippen molar-refractivity contribution in [2.75, 3.05) is 20.7 Å². The van der Waals surface area contributed by atoms with Crippen LogP contribution in [0.2, 0.25) is 0 Å². The molecule has 5 amide bonds. The molecule has 0 bridgehead atoms. The normalized spacial score (nSPS) is 26.6. The Balaban J connectivity index is 1.14. The van der Waals surface area contributed by atoms with E-state index in [0.717, 1.165) is 47.3 Å². The highest BCUT2D eigenvalue weighted by Gasteiger charge is 2.62. The molecular weight excluding hydrogens is 807 g/mol. The van der Waals surface area contributed by atoms with Crippen LogP contribution in [0.5, 0.6) is 11.5 Å². The molecule has 3 aromatic rings. The van der Waals surface area contributed by atoms with Crippen LogP contribution in [0, 0.1) is 12.8 Å². The largest absolute Gasteiger partial charge is 0.496 e. The molecule has 5 aliphatic rings. The maximum atomic E-state index is 14.8. The average molecular weight is 862 g/mol. The summed E-state index contributed by atoms with van der Waals surface area (Å²) in [4.78, 5) is 69.7. The molecule has 5 atom stereocenters. The van der Waals surface area contributed by atoms with E-state index >= 15 is 0 Å². The summed E-state index contributed by atoms with van der Waals surface area (Å²) in [5, 5.41) is 8.81. The summed E-state index contributed by atoms with van der Waals surface area (Å²) in [6.45, 7) is 5.71. The van der Waals surface area contributed by atoms with E-state index in [9.17, 15) is 27.6 Å². The van der Waals surface area contributed by atoms with Gasteiger partial charge in [-0.1, -0.05) is 25.0 Å². The highest BCUT2D eigenvalue weighted by atomic mass is 32.2. The van der Waals surface area contributed by atoms with Crippen molar-refractivity contribution < 1.29 is 37.1 Å². The number of carbonyl (C=O) groups is 4. The van der Waals surface area contributed by atoms with Gasteiger partial charge in [0.05, 0.1) is 30.1 Å². The summed E-state index contributed by atoms with van der Waals surface area (Å²) in [6.07, 6.45) is 9.96. The number of urea groups is 1. The fourth-order valence-corrected chi connectivity index (χ4v) is 10.5. The fourth-order valence-electron chi connectivity index (χ4n) is 8.29. The minimum Gasteiger partial charge on any atom is -0.496 e. The van der Waals surface area contributed by atoms with Gasteiger partial charge in [0.2, 0.25) is 21.8 Å². The van der Waals surface area contributed by atoms with Gasteiger partial charge in [0, 0.05) is 53.7 Å². The number of ether oxygens (including phenoxy) is 2. The second-order valence-electron chi connectivity index (χ2n) is 17.3. The molecule has 1 aromatic carbocycles. The summed E-state index contributed by atoms with van der Waals surface area (Å²) in [5.41, 5.74) is 1.67. The lowest BCUT2D eigenvalue weighted by Crippen LogP contribution is -2.59. The van der Waals surface area contributed by atoms with Gasteiger partial charge >= 0.3 is 6.03 Å². The van der Waals surface area contributed by atoms with Gasteiger partial charge in [-0.25, -0.2) is 23.2 Å². The molecule has 322 valence electrons. The third kappa shape index (κ3) is 8.56. The number of hydrogen-bond acceptors (Lipinski definition) is 11. The van der Waals surface area contributed by atoms with E-state index in [-0.39, 0.29) is 25.4 Å². The number of pyridine rings is 1. The van der Waals surface area contributed by atoms with Crippen LogP contribution in [0.1, 0.15) is 102 Å². The molecular formula is C43H55N7O8S2. The number of rotatable bonds is 10. The first-order chi connectivity index (χ1) is 28.7. The Hall–Kier alpha value is -4.77. The van der Waals surface area contributed by atoms with Gasteiger partial charge < -0.3 is 29.9 Å². The predicted octanol–water partition coefficient (Wildman–Crippen LogP) is 5.32. The summed E-state index contributed by atoms with van der Waals surface area (Å²) in [5.74, 6) is -0.599. The Kier molecular flexibility index (Phi) is 11.6. The first kappa shape index (κ1) is 41.9. The summed E-state index contributed by atoms with van der Waals surface area (Å²) < 4.78 is 40.7. The number of fused-ring (bicyclic) bond motifs is 3. The average Bonchev–Trinajstić information content (AvgIpc) is 4.17. The molecule has 2 aromatic heterocycles. The van der Waals surface area contributed by atoms with Crippen LogP contribution in [0.15, 0.2) is 35.7 Å². The van der Waals surface area contributed by atoms with E-state index < -0.39 is 68.7 Å². The number of nitrogens with zero attached hydrogens (tertiary/aromatic N) is 4. The number of thiazole rings is 1. The number of sulfonamides is 1. The molecule has 4 fully saturated rings. The van der Waals surface area contributed by atoms with E-state index in [1.807, 2.05) is 51.1 Å². The van der Waals surface area contributed by atoms with E-state index in [4.69, 9.17) is 19.4 Å². The van der Waals surface area contributed by atoms with Crippen LogP contribution in [0.3, 0.4) is 0 Å². The van der Waals surface area contributed by atoms with Gasteiger partial charge in [-0.15, -0.1) is 11.3 Å². The van der Waals surface area contributed by atoms with Crippen LogP contribution in [0.4, 0.5) is 4.79 Å².